The Morgan fingerprint density at radius 1 is 1.31 bits per heavy atom. The van der Waals surface area contributed by atoms with Crippen LogP contribution in [0.3, 0.4) is 0 Å². The number of carbonyl (C=O) groups is 1. The van der Waals surface area contributed by atoms with Crippen LogP contribution in [0.5, 0.6) is 0 Å². The van der Waals surface area contributed by atoms with Crippen molar-refractivity contribution in [1.29, 1.82) is 0 Å². The summed E-state index contributed by atoms with van der Waals surface area (Å²) < 4.78 is 0. The number of allylic oxidation sites excluding steroid dienone is 2. The molecule has 2 unspecified atom stereocenters. The molecule has 1 saturated carbocycles. The molecular weight excluding hydrogens is 208 g/mol. The summed E-state index contributed by atoms with van der Waals surface area (Å²) in [4.78, 5) is 20.5. The molecule has 2 bridgehead atoms. The molecule has 1 saturated heterocycles. The van der Waals surface area contributed by atoms with Gasteiger partial charge < -0.3 is 5.11 Å². The van der Waals surface area contributed by atoms with Gasteiger partial charge in [-0.05, 0) is 31.6 Å². The van der Waals surface area contributed by atoms with Crippen molar-refractivity contribution in [3.8, 4) is 0 Å². The van der Waals surface area contributed by atoms with Crippen LogP contribution in [0.2, 0.25) is 0 Å². The lowest BCUT2D eigenvalue weighted by atomic mass is 10.0. The van der Waals surface area contributed by atoms with E-state index in [4.69, 9.17) is 14.9 Å². The average Bonchev–Trinajstić information content (AvgIpc) is 2.84. The van der Waals surface area contributed by atoms with Gasteiger partial charge in [-0.2, -0.15) is 0 Å². The maximum Gasteiger partial charge on any atom is 0.303 e. The highest BCUT2D eigenvalue weighted by molar-refractivity contribution is 5.66. The number of carboxylic acids is 1. The number of carboxylic acid groups (broad SMARTS) is 1. The number of fused-ring (bicyclic) bond motifs is 2. The molecule has 0 amide bonds. The van der Waals surface area contributed by atoms with Gasteiger partial charge in [-0.1, -0.05) is 12.2 Å². The molecule has 0 aromatic rings. The Kier molecular flexibility index (Phi) is 3.96. The van der Waals surface area contributed by atoms with E-state index in [1.807, 2.05) is 0 Å². The molecular formula is C12H18O4. The summed E-state index contributed by atoms with van der Waals surface area (Å²) in [5.74, 6) is -0.124. The molecule has 0 aromatic carbocycles. The SMILES string of the molecule is O=C(O)CCC/C=C\C[C@@H]1CC2CC1OO2. The molecule has 4 nitrogen and oxygen atoms in total. The smallest absolute Gasteiger partial charge is 0.303 e. The minimum atomic E-state index is -0.716. The van der Waals surface area contributed by atoms with Gasteiger partial charge in [0.05, 0.1) is 12.2 Å². The van der Waals surface area contributed by atoms with Gasteiger partial charge in [-0.25, -0.2) is 9.78 Å². The lowest BCUT2D eigenvalue weighted by Gasteiger charge is -2.19. The Balaban J connectivity index is 1.57. The Morgan fingerprint density at radius 2 is 2.19 bits per heavy atom. The van der Waals surface area contributed by atoms with E-state index >= 15 is 0 Å². The topological polar surface area (TPSA) is 55.8 Å². The van der Waals surface area contributed by atoms with Crippen molar-refractivity contribution in [1.82, 2.24) is 0 Å². The van der Waals surface area contributed by atoms with E-state index < -0.39 is 5.97 Å². The van der Waals surface area contributed by atoms with E-state index in [2.05, 4.69) is 12.2 Å². The molecule has 4 heteroatoms. The van der Waals surface area contributed by atoms with E-state index in [0.717, 1.165) is 32.1 Å². The monoisotopic (exact) mass is 226 g/mol. The summed E-state index contributed by atoms with van der Waals surface area (Å²) in [7, 11) is 0. The molecule has 16 heavy (non-hydrogen) atoms. The zero-order chi connectivity index (χ0) is 11.4. The van der Waals surface area contributed by atoms with E-state index in [0.29, 0.717) is 12.0 Å². The maximum absolute atomic E-state index is 10.3. The van der Waals surface area contributed by atoms with Crippen LogP contribution in [0.15, 0.2) is 12.2 Å². The van der Waals surface area contributed by atoms with Crippen molar-refractivity contribution >= 4 is 5.97 Å². The minimum Gasteiger partial charge on any atom is -0.481 e. The molecule has 0 aromatic heterocycles. The van der Waals surface area contributed by atoms with Crippen molar-refractivity contribution in [3.63, 3.8) is 0 Å². The van der Waals surface area contributed by atoms with Gasteiger partial charge in [-0.15, -0.1) is 0 Å². The van der Waals surface area contributed by atoms with Crippen molar-refractivity contribution in [2.45, 2.75) is 50.7 Å². The zero-order valence-electron chi connectivity index (χ0n) is 9.30. The van der Waals surface area contributed by atoms with Crippen LogP contribution in [-0.4, -0.2) is 23.3 Å². The third kappa shape index (κ3) is 3.06. The molecule has 1 heterocycles. The molecule has 1 N–H and O–H groups in total. The number of unbranched alkanes of at least 4 members (excludes halogenated alkanes) is 1. The van der Waals surface area contributed by atoms with E-state index in [-0.39, 0.29) is 12.5 Å². The highest BCUT2D eigenvalue weighted by Crippen LogP contribution is 2.39. The molecule has 2 aliphatic rings. The predicted molar refractivity (Wildman–Crippen MR) is 57.7 cm³/mol. The molecule has 3 atom stereocenters. The molecule has 0 radical (unpaired) electrons. The van der Waals surface area contributed by atoms with Crippen LogP contribution >= 0.6 is 0 Å². The third-order valence-electron chi connectivity index (χ3n) is 3.27. The van der Waals surface area contributed by atoms with Gasteiger partial charge in [0.1, 0.15) is 0 Å². The Bertz CT molecular complexity index is 274. The fourth-order valence-corrected chi connectivity index (χ4v) is 2.39. The molecule has 1 aliphatic carbocycles. The van der Waals surface area contributed by atoms with Crippen LogP contribution in [0.1, 0.15) is 38.5 Å². The van der Waals surface area contributed by atoms with E-state index in [9.17, 15) is 4.79 Å². The second kappa shape index (κ2) is 5.46. The first-order valence-electron chi connectivity index (χ1n) is 5.94. The second-order valence-corrected chi connectivity index (χ2v) is 4.58. The quantitative estimate of drug-likeness (QED) is 0.429. The summed E-state index contributed by atoms with van der Waals surface area (Å²) in [6.07, 6.45) is 9.83. The lowest BCUT2D eigenvalue weighted by Crippen LogP contribution is -2.19. The highest BCUT2D eigenvalue weighted by Gasteiger charge is 2.42. The molecule has 0 spiro atoms. The summed E-state index contributed by atoms with van der Waals surface area (Å²) in [6, 6.07) is 0. The van der Waals surface area contributed by atoms with Gasteiger partial charge in [0.25, 0.3) is 0 Å². The summed E-state index contributed by atoms with van der Waals surface area (Å²) in [5, 5.41) is 8.46. The third-order valence-corrected chi connectivity index (χ3v) is 3.27. The summed E-state index contributed by atoms with van der Waals surface area (Å²) in [5.41, 5.74) is 0. The molecule has 1 aliphatic heterocycles. The van der Waals surface area contributed by atoms with Crippen molar-refractivity contribution < 1.29 is 19.7 Å². The normalized spacial score (nSPS) is 32.6. The maximum atomic E-state index is 10.3. The van der Waals surface area contributed by atoms with Gasteiger partial charge >= 0.3 is 5.97 Å². The number of rotatable bonds is 6. The van der Waals surface area contributed by atoms with Gasteiger partial charge in [0.2, 0.25) is 0 Å². The number of hydrogen-bond acceptors (Lipinski definition) is 3. The van der Waals surface area contributed by atoms with E-state index in [1.54, 1.807) is 0 Å². The molecule has 2 fully saturated rings. The first-order chi connectivity index (χ1) is 7.75. The van der Waals surface area contributed by atoms with Crippen LogP contribution in [-0.2, 0) is 14.6 Å². The Labute approximate surface area is 95.2 Å². The summed E-state index contributed by atoms with van der Waals surface area (Å²) in [6.45, 7) is 0. The fourth-order valence-electron chi connectivity index (χ4n) is 2.39. The second-order valence-electron chi connectivity index (χ2n) is 4.58. The Morgan fingerprint density at radius 3 is 2.81 bits per heavy atom. The van der Waals surface area contributed by atoms with Crippen LogP contribution in [0.4, 0.5) is 0 Å². The largest absolute Gasteiger partial charge is 0.481 e. The van der Waals surface area contributed by atoms with Crippen molar-refractivity contribution in [2.24, 2.45) is 5.92 Å². The fraction of sp³-hybridized carbons (Fsp3) is 0.750. The minimum absolute atomic E-state index is 0.259. The predicted octanol–water partition coefficient (Wildman–Crippen LogP) is 2.30. The zero-order valence-corrected chi connectivity index (χ0v) is 9.30. The van der Waals surface area contributed by atoms with Crippen molar-refractivity contribution in [2.75, 3.05) is 0 Å². The molecule has 2 rings (SSSR count). The Hall–Kier alpha value is -0.870. The van der Waals surface area contributed by atoms with E-state index in [1.165, 1.54) is 0 Å². The number of hydrogen-bond donors (Lipinski definition) is 1. The lowest BCUT2D eigenvalue weighted by molar-refractivity contribution is -0.326. The van der Waals surface area contributed by atoms with Crippen molar-refractivity contribution in [3.05, 3.63) is 12.2 Å². The van der Waals surface area contributed by atoms with Gasteiger partial charge in [-0.3, -0.25) is 4.79 Å². The van der Waals surface area contributed by atoms with Gasteiger partial charge in [0.15, 0.2) is 0 Å². The average molecular weight is 226 g/mol. The van der Waals surface area contributed by atoms with Gasteiger partial charge in [0, 0.05) is 12.8 Å². The summed E-state index contributed by atoms with van der Waals surface area (Å²) >= 11 is 0. The standard InChI is InChI=1S/C12H18O4/c13-12(14)6-4-2-1-3-5-9-7-10-8-11(9)16-15-10/h1,3,9-11H,2,4-8H2,(H,13,14)/b3-1-/t9-,10?,11?/m1/s1. The first-order valence-corrected chi connectivity index (χ1v) is 5.94. The van der Waals surface area contributed by atoms with Crippen LogP contribution in [0.25, 0.3) is 0 Å². The molecule has 90 valence electrons. The van der Waals surface area contributed by atoms with Crippen LogP contribution in [0, 0.1) is 5.92 Å². The highest BCUT2D eigenvalue weighted by atomic mass is 17.2. The first kappa shape index (κ1) is 11.6. The number of aliphatic carboxylic acids is 1. The van der Waals surface area contributed by atoms with Crippen LogP contribution < -0.4 is 0 Å².